The molecule has 3 unspecified atom stereocenters. The van der Waals surface area contributed by atoms with Gasteiger partial charge in [-0.2, -0.15) is 0 Å². The number of aryl methyl sites for hydroxylation is 1. The SMILES string of the molecule is COC(=O)Nc1ccc(-c2ccc3cc(-c4nc5cc(C(=O)N6CC7CCC6C7N)cc(OC)c5n4C)n(CC4CC4)c3c2)cn1. The lowest BCUT2D eigenvalue weighted by Gasteiger charge is -2.27. The average molecular weight is 620 g/mol. The third-order valence-corrected chi connectivity index (χ3v) is 10.1. The maximum absolute atomic E-state index is 13.7. The number of anilines is 1. The third kappa shape index (κ3) is 4.68. The number of carbonyl (C=O) groups is 2. The monoisotopic (exact) mass is 619 g/mol. The summed E-state index contributed by atoms with van der Waals surface area (Å²) in [5, 5.41) is 3.71. The van der Waals surface area contributed by atoms with Gasteiger partial charge in [0.2, 0.25) is 0 Å². The van der Waals surface area contributed by atoms with Crippen molar-refractivity contribution in [1.82, 2.24) is 24.0 Å². The number of nitrogens with zero attached hydrogens (tertiary/aromatic N) is 5. The van der Waals surface area contributed by atoms with Gasteiger partial charge in [0.15, 0.2) is 5.82 Å². The number of imidazole rings is 1. The normalized spacial score (nSPS) is 20.5. The molecule has 3 aliphatic rings. The van der Waals surface area contributed by atoms with Gasteiger partial charge in [0.25, 0.3) is 5.91 Å². The first kappa shape index (κ1) is 28.6. The first-order valence-corrected chi connectivity index (χ1v) is 15.9. The summed E-state index contributed by atoms with van der Waals surface area (Å²) in [5.41, 5.74) is 12.7. The number of nitrogens with one attached hydrogen (secondary N) is 1. The minimum Gasteiger partial charge on any atom is -0.494 e. The maximum atomic E-state index is 13.7. The molecule has 5 aromatic rings. The summed E-state index contributed by atoms with van der Waals surface area (Å²) < 4.78 is 15.0. The van der Waals surface area contributed by atoms with E-state index in [4.69, 9.17) is 15.5 Å². The van der Waals surface area contributed by atoms with Crippen molar-refractivity contribution < 1.29 is 19.1 Å². The van der Waals surface area contributed by atoms with Gasteiger partial charge in [-0.3, -0.25) is 10.1 Å². The Morgan fingerprint density at radius 1 is 1.02 bits per heavy atom. The largest absolute Gasteiger partial charge is 0.494 e. The molecule has 1 aliphatic heterocycles. The topological polar surface area (TPSA) is 130 Å². The number of likely N-dealkylation sites (tertiary alicyclic amines) is 1. The molecule has 3 N–H and O–H groups in total. The van der Waals surface area contributed by atoms with E-state index in [1.54, 1.807) is 19.4 Å². The lowest BCUT2D eigenvalue weighted by molar-refractivity contribution is 0.0700. The Labute approximate surface area is 266 Å². The van der Waals surface area contributed by atoms with Crippen LogP contribution in [0.25, 0.3) is 44.6 Å². The van der Waals surface area contributed by atoms with Crippen LogP contribution in [0.15, 0.2) is 54.7 Å². The molecule has 3 fully saturated rings. The molecular formula is C35H37N7O4. The quantitative estimate of drug-likeness (QED) is 0.249. The van der Waals surface area contributed by atoms with E-state index >= 15 is 0 Å². The Morgan fingerprint density at radius 2 is 1.85 bits per heavy atom. The van der Waals surface area contributed by atoms with Crippen molar-refractivity contribution in [2.75, 3.05) is 26.1 Å². The number of pyridine rings is 1. The molecule has 46 heavy (non-hydrogen) atoms. The minimum atomic E-state index is -0.558. The van der Waals surface area contributed by atoms with Crippen LogP contribution in [0.5, 0.6) is 5.75 Å². The molecular weight excluding hydrogens is 582 g/mol. The number of hydrogen-bond donors (Lipinski definition) is 2. The number of piperidine rings is 1. The molecule has 11 heteroatoms. The van der Waals surface area contributed by atoms with Crippen LogP contribution in [0.2, 0.25) is 0 Å². The van der Waals surface area contributed by atoms with Crippen LogP contribution in [0.3, 0.4) is 0 Å². The highest BCUT2D eigenvalue weighted by molar-refractivity contribution is 6.00. The predicted molar refractivity (Wildman–Crippen MR) is 176 cm³/mol. The van der Waals surface area contributed by atoms with Gasteiger partial charge in [-0.05, 0) is 79.5 Å². The van der Waals surface area contributed by atoms with E-state index in [0.29, 0.717) is 35.5 Å². The Morgan fingerprint density at radius 3 is 2.52 bits per heavy atom. The van der Waals surface area contributed by atoms with Crippen molar-refractivity contribution >= 4 is 39.8 Å². The van der Waals surface area contributed by atoms with Crippen molar-refractivity contribution in [2.24, 2.45) is 24.6 Å². The molecule has 3 aromatic heterocycles. The molecule has 0 spiro atoms. The molecule has 236 valence electrons. The fraction of sp³-hybridized carbons (Fsp3) is 0.371. The van der Waals surface area contributed by atoms with E-state index in [2.05, 4.69) is 48.4 Å². The maximum Gasteiger partial charge on any atom is 0.412 e. The molecule has 8 rings (SSSR count). The van der Waals surface area contributed by atoms with Gasteiger partial charge in [0, 0.05) is 60.4 Å². The van der Waals surface area contributed by atoms with Crippen LogP contribution in [-0.4, -0.2) is 68.9 Å². The molecule has 1 saturated heterocycles. The number of carbonyl (C=O) groups excluding carboxylic acids is 2. The number of ether oxygens (including phenoxy) is 2. The Balaban J connectivity index is 1.19. The first-order valence-electron chi connectivity index (χ1n) is 15.9. The Kier molecular flexibility index (Phi) is 6.75. The predicted octanol–water partition coefficient (Wildman–Crippen LogP) is 5.42. The van der Waals surface area contributed by atoms with Crippen molar-refractivity contribution in [3.05, 3.63) is 60.3 Å². The smallest absolute Gasteiger partial charge is 0.412 e. The number of methoxy groups -OCH3 is 2. The van der Waals surface area contributed by atoms with Crippen LogP contribution in [0, 0.1) is 11.8 Å². The molecule has 11 nitrogen and oxygen atoms in total. The lowest BCUT2D eigenvalue weighted by Crippen LogP contribution is -2.41. The van der Waals surface area contributed by atoms with Crippen molar-refractivity contribution in [3.63, 3.8) is 0 Å². The third-order valence-electron chi connectivity index (χ3n) is 10.1. The zero-order chi connectivity index (χ0) is 31.7. The second-order valence-electron chi connectivity index (χ2n) is 12.9. The molecule has 4 heterocycles. The van der Waals surface area contributed by atoms with Gasteiger partial charge in [-0.25, -0.2) is 14.8 Å². The van der Waals surface area contributed by atoms with Crippen LogP contribution in [0.1, 0.15) is 36.0 Å². The number of fused-ring (bicyclic) bond motifs is 4. The minimum absolute atomic E-state index is 0.00553. The van der Waals surface area contributed by atoms with E-state index in [1.165, 1.54) is 20.0 Å². The number of rotatable bonds is 7. The highest BCUT2D eigenvalue weighted by Gasteiger charge is 2.47. The molecule has 2 aliphatic carbocycles. The van der Waals surface area contributed by atoms with Gasteiger partial charge >= 0.3 is 6.09 Å². The number of benzene rings is 2. The van der Waals surface area contributed by atoms with Crippen molar-refractivity contribution in [1.29, 1.82) is 0 Å². The second kappa shape index (κ2) is 10.9. The van der Waals surface area contributed by atoms with Crippen LogP contribution in [0.4, 0.5) is 10.6 Å². The fourth-order valence-electron chi connectivity index (χ4n) is 7.44. The van der Waals surface area contributed by atoms with E-state index in [0.717, 1.165) is 64.0 Å². The number of amides is 2. The number of hydrogen-bond acceptors (Lipinski definition) is 7. The Hall–Kier alpha value is -4.90. The zero-order valence-electron chi connectivity index (χ0n) is 26.2. The van der Waals surface area contributed by atoms with Crippen molar-refractivity contribution in [2.45, 2.75) is 44.3 Å². The molecule has 3 atom stereocenters. The van der Waals surface area contributed by atoms with Gasteiger partial charge in [-0.1, -0.05) is 12.1 Å². The summed E-state index contributed by atoms with van der Waals surface area (Å²) in [6, 6.07) is 16.2. The van der Waals surface area contributed by atoms with Gasteiger partial charge in [0.05, 0.1) is 25.4 Å². The van der Waals surface area contributed by atoms with Gasteiger partial charge in [-0.15, -0.1) is 0 Å². The summed E-state index contributed by atoms with van der Waals surface area (Å²) in [6.07, 6.45) is 5.67. The standard InChI is InChI=1S/C35H37N7O4/c1-40-32-25(12-24(15-29(32)45-2)34(43)42-18-23-8-10-26(42)31(23)36)38-33(40)28-14-21-7-6-20(13-27(21)41(28)17-19-4-5-19)22-9-11-30(37-16-22)39-35(44)46-3/h6-7,9,11-16,19,23,26,31H,4-5,8,10,17-18,36H2,1-3H3,(H,37,39,44). The van der Waals surface area contributed by atoms with E-state index in [-0.39, 0.29) is 18.0 Å². The highest BCUT2D eigenvalue weighted by Crippen LogP contribution is 2.40. The highest BCUT2D eigenvalue weighted by atomic mass is 16.5. The summed E-state index contributed by atoms with van der Waals surface area (Å²) in [4.78, 5) is 36.8. The average Bonchev–Trinajstić information content (AvgIpc) is 3.48. The van der Waals surface area contributed by atoms with Crippen LogP contribution >= 0.6 is 0 Å². The van der Waals surface area contributed by atoms with Crippen molar-refractivity contribution in [3.8, 4) is 28.4 Å². The van der Waals surface area contributed by atoms with E-state index in [1.807, 2.05) is 30.1 Å². The lowest BCUT2D eigenvalue weighted by atomic mass is 10.1. The number of aromatic nitrogens is 4. The van der Waals surface area contributed by atoms with Crippen LogP contribution in [-0.2, 0) is 18.3 Å². The second-order valence-corrected chi connectivity index (χ2v) is 12.9. The van der Waals surface area contributed by atoms with Crippen LogP contribution < -0.4 is 15.8 Å². The van der Waals surface area contributed by atoms with E-state index in [9.17, 15) is 9.59 Å². The summed E-state index contributed by atoms with van der Waals surface area (Å²) in [6.45, 7) is 1.61. The van der Waals surface area contributed by atoms with Gasteiger partial charge < -0.3 is 29.2 Å². The summed E-state index contributed by atoms with van der Waals surface area (Å²) >= 11 is 0. The summed E-state index contributed by atoms with van der Waals surface area (Å²) in [5.74, 6) is 2.87. The Bertz CT molecular complexity index is 2010. The van der Waals surface area contributed by atoms with E-state index < -0.39 is 6.09 Å². The summed E-state index contributed by atoms with van der Waals surface area (Å²) in [7, 11) is 4.97. The van der Waals surface area contributed by atoms with Gasteiger partial charge in [0.1, 0.15) is 17.1 Å². The number of nitrogens with two attached hydrogens (primary N) is 1. The first-order chi connectivity index (χ1) is 22.3. The zero-order valence-corrected chi connectivity index (χ0v) is 26.2. The molecule has 2 bridgehead atoms. The molecule has 2 amide bonds. The molecule has 0 radical (unpaired) electrons. The molecule has 2 saturated carbocycles. The fourth-order valence-corrected chi connectivity index (χ4v) is 7.44. The molecule has 2 aromatic carbocycles.